The third-order valence-electron chi connectivity index (χ3n) is 1.82. The summed E-state index contributed by atoms with van der Waals surface area (Å²) < 4.78 is 9.81. The second kappa shape index (κ2) is 5.32. The number of methoxy groups -OCH3 is 1. The molecule has 0 atom stereocenters. The maximum absolute atomic E-state index is 10.8. The number of esters is 1. The predicted octanol–water partition coefficient (Wildman–Crippen LogP) is 1.95. The molecule has 0 fully saturated rings. The lowest BCUT2D eigenvalue weighted by Gasteiger charge is -2.01. The number of rotatable bonds is 5. The minimum absolute atomic E-state index is 0.178. The summed E-state index contributed by atoms with van der Waals surface area (Å²) in [5.74, 6) is 1.44. The maximum Gasteiger partial charge on any atom is 0.305 e. The second-order valence-corrected chi connectivity index (χ2v) is 3.02. The van der Waals surface area contributed by atoms with Crippen LogP contribution in [0.25, 0.3) is 0 Å². The molecule has 1 rings (SSSR count). The van der Waals surface area contributed by atoms with Gasteiger partial charge in [0.05, 0.1) is 7.11 Å². The SMILES string of the molecule is COC(=O)CCCNc1ccc(C)o1. The molecule has 0 amide bonds. The van der Waals surface area contributed by atoms with Crippen LogP contribution in [0.3, 0.4) is 0 Å². The predicted molar refractivity (Wildman–Crippen MR) is 53.2 cm³/mol. The number of carbonyl (C=O) groups excluding carboxylic acids is 1. The van der Waals surface area contributed by atoms with E-state index < -0.39 is 0 Å². The van der Waals surface area contributed by atoms with Crippen LogP contribution in [0, 0.1) is 6.92 Å². The maximum atomic E-state index is 10.8. The van der Waals surface area contributed by atoms with Gasteiger partial charge in [-0.2, -0.15) is 0 Å². The fourth-order valence-corrected chi connectivity index (χ4v) is 1.08. The first-order valence-corrected chi connectivity index (χ1v) is 4.59. The van der Waals surface area contributed by atoms with E-state index in [1.54, 1.807) is 0 Å². The van der Waals surface area contributed by atoms with E-state index in [0.29, 0.717) is 13.0 Å². The summed E-state index contributed by atoms with van der Waals surface area (Å²) in [4.78, 5) is 10.8. The van der Waals surface area contributed by atoms with Crippen LogP contribution in [0.5, 0.6) is 0 Å². The molecule has 0 aliphatic heterocycles. The molecule has 78 valence electrons. The number of hydrogen-bond acceptors (Lipinski definition) is 4. The molecule has 0 unspecified atom stereocenters. The van der Waals surface area contributed by atoms with E-state index in [9.17, 15) is 4.79 Å². The van der Waals surface area contributed by atoms with Gasteiger partial charge in [-0.05, 0) is 19.4 Å². The first-order chi connectivity index (χ1) is 6.72. The van der Waals surface area contributed by atoms with Crippen molar-refractivity contribution in [2.75, 3.05) is 19.0 Å². The topological polar surface area (TPSA) is 51.5 Å². The Morgan fingerprint density at radius 1 is 1.57 bits per heavy atom. The van der Waals surface area contributed by atoms with Gasteiger partial charge in [0.2, 0.25) is 0 Å². The fraction of sp³-hybridized carbons (Fsp3) is 0.500. The lowest BCUT2D eigenvalue weighted by molar-refractivity contribution is -0.140. The molecule has 0 radical (unpaired) electrons. The Labute approximate surface area is 83.2 Å². The molecule has 4 nitrogen and oxygen atoms in total. The van der Waals surface area contributed by atoms with Crippen LogP contribution in [-0.2, 0) is 9.53 Å². The molecule has 1 heterocycles. The minimum atomic E-state index is -0.178. The average molecular weight is 197 g/mol. The van der Waals surface area contributed by atoms with Crippen molar-refractivity contribution in [3.8, 4) is 0 Å². The van der Waals surface area contributed by atoms with Crippen LogP contribution in [0.1, 0.15) is 18.6 Å². The molecule has 0 aliphatic carbocycles. The van der Waals surface area contributed by atoms with E-state index >= 15 is 0 Å². The van der Waals surface area contributed by atoms with Gasteiger partial charge in [0.25, 0.3) is 0 Å². The highest BCUT2D eigenvalue weighted by Crippen LogP contribution is 2.11. The van der Waals surface area contributed by atoms with Crippen molar-refractivity contribution in [1.29, 1.82) is 0 Å². The molecule has 4 heteroatoms. The normalized spacial score (nSPS) is 9.86. The molecule has 0 bridgehead atoms. The van der Waals surface area contributed by atoms with Crippen LogP contribution >= 0.6 is 0 Å². The molecule has 0 saturated carbocycles. The van der Waals surface area contributed by atoms with Crippen LogP contribution in [0.15, 0.2) is 16.5 Å². The summed E-state index contributed by atoms with van der Waals surface area (Å²) in [5.41, 5.74) is 0. The Bertz CT molecular complexity index is 293. The van der Waals surface area contributed by atoms with E-state index in [1.807, 2.05) is 19.1 Å². The highest BCUT2D eigenvalue weighted by molar-refractivity contribution is 5.69. The van der Waals surface area contributed by atoms with Crippen molar-refractivity contribution in [2.24, 2.45) is 0 Å². The van der Waals surface area contributed by atoms with Crippen LogP contribution < -0.4 is 5.32 Å². The highest BCUT2D eigenvalue weighted by atomic mass is 16.5. The number of anilines is 1. The Morgan fingerprint density at radius 3 is 2.93 bits per heavy atom. The number of furan rings is 1. The Balaban J connectivity index is 2.13. The number of hydrogen-bond donors (Lipinski definition) is 1. The van der Waals surface area contributed by atoms with Crippen molar-refractivity contribution in [2.45, 2.75) is 19.8 Å². The summed E-state index contributed by atoms with van der Waals surface area (Å²) >= 11 is 0. The Kier molecular flexibility index (Phi) is 4.04. The molecular formula is C10H15NO3. The van der Waals surface area contributed by atoms with Crippen molar-refractivity contribution in [1.82, 2.24) is 0 Å². The van der Waals surface area contributed by atoms with Crippen LogP contribution in [0.2, 0.25) is 0 Å². The van der Waals surface area contributed by atoms with Crippen LogP contribution in [0.4, 0.5) is 5.88 Å². The standard InChI is InChI=1S/C10H15NO3/c1-8-5-6-9(14-8)11-7-3-4-10(12)13-2/h5-6,11H,3-4,7H2,1-2H3. The minimum Gasteiger partial charge on any atom is -0.469 e. The van der Waals surface area contributed by atoms with Gasteiger partial charge in [-0.3, -0.25) is 4.79 Å². The number of nitrogens with one attached hydrogen (secondary N) is 1. The zero-order valence-corrected chi connectivity index (χ0v) is 8.50. The van der Waals surface area contributed by atoms with Crippen molar-refractivity contribution >= 4 is 11.9 Å². The van der Waals surface area contributed by atoms with Crippen molar-refractivity contribution < 1.29 is 13.9 Å². The zero-order chi connectivity index (χ0) is 10.4. The smallest absolute Gasteiger partial charge is 0.305 e. The van der Waals surface area contributed by atoms with Gasteiger partial charge in [0.15, 0.2) is 5.88 Å². The largest absolute Gasteiger partial charge is 0.469 e. The van der Waals surface area contributed by atoms with Gasteiger partial charge < -0.3 is 14.5 Å². The summed E-state index contributed by atoms with van der Waals surface area (Å²) in [6.45, 7) is 2.60. The van der Waals surface area contributed by atoms with Gasteiger partial charge in [-0.25, -0.2) is 0 Å². The van der Waals surface area contributed by atoms with Gasteiger partial charge in [-0.15, -0.1) is 0 Å². The molecule has 0 aromatic carbocycles. The lowest BCUT2D eigenvalue weighted by Crippen LogP contribution is -2.05. The van der Waals surface area contributed by atoms with Gasteiger partial charge in [-0.1, -0.05) is 0 Å². The van der Waals surface area contributed by atoms with Gasteiger partial charge >= 0.3 is 5.97 Å². The Morgan fingerprint density at radius 2 is 2.36 bits per heavy atom. The molecule has 0 saturated heterocycles. The quantitative estimate of drug-likeness (QED) is 0.579. The molecule has 0 aliphatic rings. The summed E-state index contributed by atoms with van der Waals surface area (Å²) in [6, 6.07) is 3.76. The van der Waals surface area contributed by atoms with E-state index in [-0.39, 0.29) is 5.97 Å². The average Bonchev–Trinajstić information content (AvgIpc) is 2.58. The second-order valence-electron chi connectivity index (χ2n) is 3.02. The zero-order valence-electron chi connectivity index (χ0n) is 8.50. The first kappa shape index (κ1) is 10.6. The number of carbonyl (C=O) groups is 1. The molecule has 1 aromatic heterocycles. The van der Waals surface area contributed by atoms with Gasteiger partial charge in [0, 0.05) is 19.0 Å². The number of ether oxygens (including phenoxy) is 1. The monoisotopic (exact) mass is 197 g/mol. The molecule has 1 N–H and O–H groups in total. The third-order valence-corrected chi connectivity index (χ3v) is 1.82. The summed E-state index contributed by atoms with van der Waals surface area (Å²) in [6.07, 6.45) is 1.18. The van der Waals surface area contributed by atoms with E-state index in [4.69, 9.17) is 4.42 Å². The van der Waals surface area contributed by atoms with Crippen molar-refractivity contribution in [3.05, 3.63) is 17.9 Å². The molecule has 0 spiro atoms. The molecular weight excluding hydrogens is 182 g/mol. The van der Waals surface area contributed by atoms with E-state index in [2.05, 4.69) is 10.1 Å². The van der Waals surface area contributed by atoms with E-state index in [0.717, 1.165) is 18.1 Å². The first-order valence-electron chi connectivity index (χ1n) is 4.59. The number of aryl methyl sites for hydroxylation is 1. The fourth-order valence-electron chi connectivity index (χ4n) is 1.08. The van der Waals surface area contributed by atoms with Crippen LogP contribution in [-0.4, -0.2) is 19.6 Å². The Hall–Kier alpha value is -1.45. The highest BCUT2D eigenvalue weighted by Gasteiger charge is 2.00. The lowest BCUT2D eigenvalue weighted by atomic mass is 10.3. The summed E-state index contributed by atoms with van der Waals surface area (Å²) in [5, 5.41) is 3.07. The van der Waals surface area contributed by atoms with E-state index in [1.165, 1.54) is 7.11 Å². The van der Waals surface area contributed by atoms with Gasteiger partial charge in [0.1, 0.15) is 5.76 Å². The third kappa shape index (κ3) is 3.51. The molecule has 14 heavy (non-hydrogen) atoms. The molecule has 1 aromatic rings. The van der Waals surface area contributed by atoms with Crippen molar-refractivity contribution in [3.63, 3.8) is 0 Å². The summed E-state index contributed by atoms with van der Waals surface area (Å²) in [7, 11) is 1.39.